The number of carbonyl (C=O) groups excluding carboxylic acids is 3. The van der Waals surface area contributed by atoms with Gasteiger partial charge in [0.1, 0.15) is 0 Å². The van der Waals surface area contributed by atoms with Crippen molar-refractivity contribution in [2.24, 2.45) is 0 Å². The zero-order valence-corrected chi connectivity index (χ0v) is 14.1. The maximum Gasteiger partial charge on any atom is 0.285 e. The van der Waals surface area contributed by atoms with Gasteiger partial charge in [0, 0.05) is 18.9 Å². The number of hydrogen-bond acceptors (Lipinski definition) is 5. The van der Waals surface area contributed by atoms with E-state index in [1.54, 1.807) is 30.3 Å². The molecule has 0 saturated carbocycles. The van der Waals surface area contributed by atoms with E-state index in [1.807, 2.05) is 0 Å². The quantitative estimate of drug-likeness (QED) is 0.603. The van der Waals surface area contributed by atoms with Gasteiger partial charge in [-0.3, -0.25) is 14.4 Å². The molecule has 1 aliphatic heterocycles. The van der Waals surface area contributed by atoms with E-state index in [4.69, 9.17) is 23.8 Å². The van der Waals surface area contributed by atoms with Crippen LogP contribution >= 0.6 is 35.6 Å². The van der Waals surface area contributed by atoms with E-state index >= 15 is 0 Å². The zero-order chi connectivity index (χ0) is 16.4. The van der Waals surface area contributed by atoms with Crippen molar-refractivity contribution in [3.8, 4) is 0 Å². The van der Waals surface area contributed by atoms with Crippen LogP contribution in [0.3, 0.4) is 0 Å². The Labute approximate surface area is 141 Å². The average molecular weight is 355 g/mol. The first kappa shape index (κ1) is 16.7. The number of halogens is 1. The number of imide groups is 1. The van der Waals surface area contributed by atoms with Crippen molar-refractivity contribution in [2.75, 3.05) is 0 Å². The van der Waals surface area contributed by atoms with Crippen LogP contribution in [0.4, 0.5) is 0 Å². The number of benzene rings is 1. The third-order valence-corrected chi connectivity index (χ3v) is 4.27. The first-order valence-electron chi connectivity index (χ1n) is 6.16. The monoisotopic (exact) mass is 354 g/mol. The van der Waals surface area contributed by atoms with Gasteiger partial charge >= 0.3 is 0 Å². The Kier molecular flexibility index (Phi) is 5.00. The molecule has 0 atom stereocenters. The van der Waals surface area contributed by atoms with Gasteiger partial charge in [-0.15, -0.1) is 0 Å². The second kappa shape index (κ2) is 6.60. The Morgan fingerprint density at radius 3 is 2.27 bits per heavy atom. The number of amides is 3. The summed E-state index contributed by atoms with van der Waals surface area (Å²) in [5.74, 6) is -1.65. The standard InChI is InChI=1S/C14H11ClN2O3S2/c1-8(18)16(9(2)19)17-13(20)12(22-14(17)21)7-10-3-5-11(15)6-4-10/h3-7H,1-2H3. The second-order valence-corrected chi connectivity index (χ2v) is 6.51. The number of rotatable bonds is 2. The Bertz CT molecular complexity index is 687. The van der Waals surface area contributed by atoms with E-state index in [0.29, 0.717) is 9.93 Å². The van der Waals surface area contributed by atoms with Crippen molar-refractivity contribution in [1.82, 2.24) is 10.0 Å². The van der Waals surface area contributed by atoms with Gasteiger partial charge in [-0.25, -0.2) is 0 Å². The lowest BCUT2D eigenvalue weighted by molar-refractivity contribution is -0.160. The molecule has 8 heteroatoms. The summed E-state index contributed by atoms with van der Waals surface area (Å²) in [5, 5.41) is 2.25. The Morgan fingerprint density at radius 2 is 1.77 bits per heavy atom. The largest absolute Gasteiger partial charge is 0.285 e. The third kappa shape index (κ3) is 3.37. The van der Waals surface area contributed by atoms with Gasteiger partial charge in [0.2, 0.25) is 11.8 Å². The minimum Gasteiger partial charge on any atom is -0.273 e. The van der Waals surface area contributed by atoms with E-state index < -0.39 is 17.7 Å². The van der Waals surface area contributed by atoms with Crippen molar-refractivity contribution < 1.29 is 14.4 Å². The molecule has 1 aliphatic rings. The number of hydrazine groups is 1. The van der Waals surface area contributed by atoms with E-state index in [1.165, 1.54) is 13.8 Å². The molecule has 0 spiro atoms. The van der Waals surface area contributed by atoms with E-state index in [0.717, 1.165) is 27.3 Å². The van der Waals surface area contributed by atoms with Gasteiger partial charge in [0.25, 0.3) is 5.91 Å². The maximum atomic E-state index is 12.4. The van der Waals surface area contributed by atoms with Gasteiger partial charge in [0.15, 0.2) is 4.32 Å². The molecule has 0 unspecified atom stereocenters. The summed E-state index contributed by atoms with van der Waals surface area (Å²) in [6.07, 6.45) is 1.63. The molecule has 0 aliphatic carbocycles. The van der Waals surface area contributed by atoms with Crippen molar-refractivity contribution in [3.63, 3.8) is 0 Å². The highest BCUT2D eigenvalue weighted by Crippen LogP contribution is 2.33. The SMILES string of the molecule is CC(=O)N(C(C)=O)N1C(=O)C(=Cc2ccc(Cl)cc2)SC1=S. The molecule has 2 rings (SSSR count). The molecular formula is C14H11ClN2O3S2. The predicted molar refractivity (Wildman–Crippen MR) is 89.7 cm³/mol. The number of thioether (sulfide) groups is 1. The first-order valence-corrected chi connectivity index (χ1v) is 7.76. The van der Waals surface area contributed by atoms with Crippen LogP contribution < -0.4 is 0 Å². The fourth-order valence-electron chi connectivity index (χ4n) is 1.85. The molecule has 0 aromatic heterocycles. The van der Waals surface area contributed by atoms with E-state index in [9.17, 15) is 14.4 Å². The normalized spacial score (nSPS) is 16.3. The van der Waals surface area contributed by atoms with Crippen LogP contribution in [0.25, 0.3) is 6.08 Å². The Morgan fingerprint density at radius 1 is 1.23 bits per heavy atom. The summed E-state index contributed by atoms with van der Waals surface area (Å²) in [5.41, 5.74) is 0.766. The van der Waals surface area contributed by atoms with Crippen LogP contribution in [0.5, 0.6) is 0 Å². The van der Waals surface area contributed by atoms with Crippen molar-refractivity contribution in [1.29, 1.82) is 0 Å². The summed E-state index contributed by atoms with van der Waals surface area (Å²) in [4.78, 5) is 35.9. The first-order chi connectivity index (χ1) is 10.3. The van der Waals surface area contributed by atoms with Crippen molar-refractivity contribution in [3.05, 3.63) is 39.8 Å². The minimum absolute atomic E-state index is 0.135. The lowest BCUT2D eigenvalue weighted by atomic mass is 10.2. The van der Waals surface area contributed by atoms with Gasteiger partial charge in [0.05, 0.1) is 4.91 Å². The molecule has 0 N–H and O–H groups in total. The van der Waals surface area contributed by atoms with Crippen LogP contribution in [0.15, 0.2) is 29.2 Å². The molecule has 5 nitrogen and oxygen atoms in total. The molecule has 1 aromatic carbocycles. The van der Waals surface area contributed by atoms with Crippen molar-refractivity contribution in [2.45, 2.75) is 13.8 Å². The third-order valence-electron chi connectivity index (χ3n) is 2.74. The summed E-state index contributed by atoms with van der Waals surface area (Å²) in [6.45, 7) is 2.39. The predicted octanol–water partition coefficient (Wildman–Crippen LogP) is 2.85. The molecule has 114 valence electrons. The number of nitrogens with zero attached hydrogens (tertiary/aromatic N) is 2. The summed E-state index contributed by atoms with van der Waals surface area (Å²) >= 11 is 12.0. The van der Waals surface area contributed by atoms with Gasteiger partial charge < -0.3 is 0 Å². The van der Waals surface area contributed by atoms with Crippen LogP contribution in [0.1, 0.15) is 19.4 Å². The highest BCUT2D eigenvalue weighted by atomic mass is 35.5. The smallest absolute Gasteiger partial charge is 0.273 e. The lowest BCUT2D eigenvalue weighted by Crippen LogP contribution is -2.50. The lowest BCUT2D eigenvalue weighted by Gasteiger charge is -2.26. The molecular weight excluding hydrogens is 344 g/mol. The topological polar surface area (TPSA) is 57.7 Å². The van der Waals surface area contributed by atoms with Crippen LogP contribution in [-0.2, 0) is 14.4 Å². The highest BCUT2D eigenvalue weighted by Gasteiger charge is 2.39. The summed E-state index contributed by atoms with van der Waals surface area (Å²) in [6, 6.07) is 6.91. The fourth-order valence-corrected chi connectivity index (χ4v) is 3.21. The van der Waals surface area contributed by atoms with Gasteiger partial charge in [-0.2, -0.15) is 10.0 Å². The zero-order valence-electron chi connectivity index (χ0n) is 11.7. The molecule has 0 bridgehead atoms. The Hall–Kier alpha value is -1.70. The molecule has 1 saturated heterocycles. The maximum absolute atomic E-state index is 12.4. The molecule has 0 radical (unpaired) electrons. The molecule has 3 amide bonds. The number of thiocarbonyl (C=S) groups is 1. The summed E-state index contributed by atoms with van der Waals surface area (Å²) < 4.78 is 0.135. The number of carbonyl (C=O) groups is 3. The van der Waals surface area contributed by atoms with Crippen LogP contribution in [-0.4, -0.2) is 32.1 Å². The highest BCUT2D eigenvalue weighted by molar-refractivity contribution is 8.26. The fraction of sp³-hybridized carbons (Fsp3) is 0.143. The minimum atomic E-state index is -0.573. The summed E-state index contributed by atoms with van der Waals surface area (Å²) in [7, 11) is 0. The van der Waals surface area contributed by atoms with Crippen molar-refractivity contribution >= 4 is 63.7 Å². The van der Waals surface area contributed by atoms with Crippen LogP contribution in [0, 0.1) is 0 Å². The van der Waals surface area contributed by atoms with Gasteiger partial charge in [-0.1, -0.05) is 35.5 Å². The molecule has 22 heavy (non-hydrogen) atoms. The van der Waals surface area contributed by atoms with E-state index in [2.05, 4.69) is 0 Å². The molecule has 1 aromatic rings. The molecule has 1 fully saturated rings. The molecule has 1 heterocycles. The Balaban J connectivity index is 2.34. The van der Waals surface area contributed by atoms with E-state index in [-0.39, 0.29) is 4.32 Å². The number of hydrogen-bond donors (Lipinski definition) is 0. The second-order valence-electron chi connectivity index (χ2n) is 4.39. The van der Waals surface area contributed by atoms with Crippen LogP contribution in [0.2, 0.25) is 5.02 Å². The van der Waals surface area contributed by atoms with Gasteiger partial charge in [-0.05, 0) is 36.0 Å². The average Bonchev–Trinajstić information content (AvgIpc) is 2.69.